The zero-order valence-corrected chi connectivity index (χ0v) is 21.1. The third-order valence-corrected chi connectivity index (χ3v) is 7.59. The quantitative estimate of drug-likeness (QED) is 0.376. The van der Waals surface area contributed by atoms with Crippen molar-refractivity contribution in [1.82, 2.24) is 15.1 Å². The highest BCUT2D eigenvalue weighted by Crippen LogP contribution is 2.36. The normalized spacial score (nSPS) is 16.4. The maximum atomic E-state index is 14.8. The number of amides is 2. The summed E-state index contributed by atoms with van der Waals surface area (Å²) in [6.07, 6.45) is -0.639. The van der Waals surface area contributed by atoms with E-state index in [0.717, 1.165) is 18.6 Å². The molecule has 0 spiro atoms. The van der Waals surface area contributed by atoms with Crippen molar-refractivity contribution in [2.24, 2.45) is 4.99 Å². The molecule has 0 bridgehead atoms. The first-order chi connectivity index (χ1) is 18.9. The van der Waals surface area contributed by atoms with Gasteiger partial charge in [-0.25, -0.2) is 18.2 Å². The molecule has 6 rings (SSSR count). The number of carbonyl (C=O) groups is 2. The third-order valence-electron chi connectivity index (χ3n) is 6.41. The van der Waals surface area contributed by atoms with E-state index < -0.39 is 35.4 Å². The van der Waals surface area contributed by atoms with Gasteiger partial charge in [0.1, 0.15) is 28.2 Å². The highest BCUT2D eigenvalue weighted by Gasteiger charge is 2.33. The van der Waals surface area contributed by atoms with Crippen LogP contribution in [0.1, 0.15) is 27.9 Å². The van der Waals surface area contributed by atoms with Crippen LogP contribution in [0, 0.1) is 17.5 Å². The first-order valence-corrected chi connectivity index (χ1v) is 13.1. The largest absolute Gasteiger partial charge is 0.322 e. The average Bonchev–Trinajstić information content (AvgIpc) is 3.25. The Morgan fingerprint density at radius 2 is 1.82 bits per heavy atom. The fraction of sp³-hybridized carbons (Fsp3) is 0.143. The zero-order chi connectivity index (χ0) is 27.1. The Morgan fingerprint density at radius 3 is 2.62 bits per heavy atom. The summed E-state index contributed by atoms with van der Waals surface area (Å²) < 4.78 is 44.8. The minimum absolute atomic E-state index is 0.0324. The minimum atomic E-state index is -1.44. The predicted molar refractivity (Wildman–Crippen MR) is 141 cm³/mol. The summed E-state index contributed by atoms with van der Waals surface area (Å²) in [6, 6.07) is 16.3. The molecule has 0 saturated heterocycles. The molecule has 1 atom stereocenters. The van der Waals surface area contributed by atoms with E-state index in [2.05, 4.69) is 20.7 Å². The summed E-state index contributed by atoms with van der Waals surface area (Å²) in [4.78, 5) is 31.5. The van der Waals surface area contributed by atoms with Crippen LogP contribution >= 0.6 is 11.8 Å². The number of benzodiazepines with no additional fused rings is 1. The van der Waals surface area contributed by atoms with Gasteiger partial charge in [-0.3, -0.25) is 14.3 Å². The molecule has 39 heavy (non-hydrogen) atoms. The molecule has 0 saturated carbocycles. The van der Waals surface area contributed by atoms with Gasteiger partial charge in [-0.15, -0.1) is 11.8 Å². The van der Waals surface area contributed by atoms with Gasteiger partial charge in [-0.05, 0) is 24.6 Å². The zero-order valence-electron chi connectivity index (χ0n) is 20.2. The van der Waals surface area contributed by atoms with E-state index in [-0.39, 0.29) is 22.5 Å². The lowest BCUT2D eigenvalue weighted by molar-refractivity contribution is -0.117. The number of hydrogen-bond acceptors (Lipinski definition) is 5. The van der Waals surface area contributed by atoms with Gasteiger partial charge in [-0.1, -0.05) is 42.5 Å². The second-order valence-electron chi connectivity index (χ2n) is 8.95. The first-order valence-electron chi connectivity index (χ1n) is 12.1. The monoisotopic (exact) mass is 547 g/mol. The van der Waals surface area contributed by atoms with Crippen molar-refractivity contribution in [3.63, 3.8) is 0 Å². The second-order valence-corrected chi connectivity index (χ2v) is 10.0. The highest BCUT2D eigenvalue weighted by molar-refractivity contribution is 7.99. The molecule has 2 aliphatic heterocycles. The maximum absolute atomic E-state index is 14.8. The number of nitrogens with one attached hydrogen (secondary N) is 2. The number of anilines is 1. The number of fused-ring (bicyclic) bond motifs is 2. The van der Waals surface area contributed by atoms with Crippen LogP contribution in [0.15, 0.2) is 76.7 Å². The molecule has 2 amide bonds. The summed E-state index contributed by atoms with van der Waals surface area (Å²) in [5, 5.41) is 10.1. The van der Waals surface area contributed by atoms with Crippen LogP contribution in [-0.4, -0.2) is 39.2 Å². The minimum Gasteiger partial charge on any atom is -0.322 e. The predicted octanol–water partition coefficient (Wildman–Crippen LogP) is 5.01. The molecular weight excluding hydrogens is 527 g/mol. The fourth-order valence-electron chi connectivity index (χ4n) is 4.62. The van der Waals surface area contributed by atoms with Crippen molar-refractivity contribution < 1.29 is 22.8 Å². The summed E-state index contributed by atoms with van der Waals surface area (Å²) in [5.41, 5.74) is 1.29. The SMILES string of the molecule is O=C(N[C@H]1N=C(c2ccccc2)c2cccc(F)c2NC1=O)c1c(-c2ccc(F)cc2F)nn2c1SCCC2. The number of aryl methyl sites for hydroxylation is 1. The van der Waals surface area contributed by atoms with Crippen LogP contribution in [0.2, 0.25) is 0 Å². The number of thioether (sulfide) groups is 1. The van der Waals surface area contributed by atoms with Crippen LogP contribution in [-0.2, 0) is 11.3 Å². The van der Waals surface area contributed by atoms with Crippen LogP contribution in [0.5, 0.6) is 0 Å². The number of benzene rings is 3. The van der Waals surface area contributed by atoms with E-state index >= 15 is 0 Å². The molecule has 2 aliphatic rings. The summed E-state index contributed by atoms with van der Waals surface area (Å²) in [6.45, 7) is 0.514. The molecule has 0 fully saturated rings. The molecular formula is C28H20F3N5O2S. The van der Waals surface area contributed by atoms with Crippen LogP contribution in [0.4, 0.5) is 18.9 Å². The molecule has 4 aromatic rings. The van der Waals surface area contributed by atoms with Crippen molar-refractivity contribution in [2.75, 3.05) is 11.1 Å². The highest BCUT2D eigenvalue weighted by atomic mass is 32.2. The molecule has 196 valence electrons. The lowest BCUT2D eigenvalue weighted by Gasteiger charge is -2.16. The van der Waals surface area contributed by atoms with Gasteiger partial charge in [-0.2, -0.15) is 5.10 Å². The summed E-state index contributed by atoms with van der Waals surface area (Å²) in [5.74, 6) is -3.02. The standard InChI is InChI=1S/C28H20F3N5O2S/c29-16-10-11-17(20(31)14-16)24-21(28-36(35-24)12-5-13-39-28)26(37)34-25-27(38)33-23-18(8-4-9-19(23)30)22(32-25)15-6-2-1-3-7-15/h1-4,6-11,14,25H,5,12-13H2,(H,33,38)(H,34,37)/t25-/m1/s1. The lowest BCUT2D eigenvalue weighted by Crippen LogP contribution is -2.42. The Balaban J connectivity index is 1.44. The lowest BCUT2D eigenvalue weighted by atomic mass is 10.0. The van der Waals surface area contributed by atoms with Gasteiger partial charge in [0, 0.05) is 35.1 Å². The van der Waals surface area contributed by atoms with E-state index in [1.165, 1.54) is 30.0 Å². The van der Waals surface area contributed by atoms with E-state index in [1.807, 2.05) is 6.07 Å². The summed E-state index contributed by atoms with van der Waals surface area (Å²) in [7, 11) is 0. The van der Waals surface area contributed by atoms with Crippen molar-refractivity contribution >= 4 is 35.0 Å². The van der Waals surface area contributed by atoms with Crippen molar-refractivity contribution in [2.45, 2.75) is 24.2 Å². The smallest absolute Gasteiger partial charge is 0.269 e. The third kappa shape index (κ3) is 4.59. The van der Waals surface area contributed by atoms with Gasteiger partial charge in [0.15, 0.2) is 0 Å². The Bertz CT molecular complexity index is 1650. The molecule has 0 aliphatic carbocycles. The van der Waals surface area contributed by atoms with E-state index in [0.29, 0.717) is 34.2 Å². The number of para-hydroxylation sites is 1. The Morgan fingerprint density at radius 1 is 1.00 bits per heavy atom. The molecule has 0 radical (unpaired) electrons. The summed E-state index contributed by atoms with van der Waals surface area (Å²) >= 11 is 1.38. The molecule has 3 heterocycles. The number of aromatic nitrogens is 2. The number of hydrogen-bond donors (Lipinski definition) is 2. The molecule has 11 heteroatoms. The van der Waals surface area contributed by atoms with Gasteiger partial charge < -0.3 is 10.6 Å². The Labute approximate surface area is 225 Å². The number of halogens is 3. The molecule has 2 N–H and O–H groups in total. The number of carbonyl (C=O) groups excluding carboxylic acids is 2. The van der Waals surface area contributed by atoms with Crippen molar-refractivity contribution in [3.05, 3.63) is 101 Å². The van der Waals surface area contributed by atoms with Crippen LogP contribution < -0.4 is 10.6 Å². The van der Waals surface area contributed by atoms with Crippen molar-refractivity contribution in [1.29, 1.82) is 0 Å². The van der Waals surface area contributed by atoms with E-state index in [4.69, 9.17) is 0 Å². The number of aliphatic imine (C=N–C) groups is 1. The second kappa shape index (κ2) is 10.1. The number of rotatable bonds is 4. The molecule has 1 aromatic heterocycles. The van der Waals surface area contributed by atoms with E-state index in [9.17, 15) is 22.8 Å². The maximum Gasteiger partial charge on any atom is 0.269 e. The van der Waals surface area contributed by atoms with Crippen LogP contribution in [0.25, 0.3) is 11.3 Å². The molecule has 7 nitrogen and oxygen atoms in total. The Hall–Kier alpha value is -4.38. The van der Waals surface area contributed by atoms with Crippen LogP contribution in [0.3, 0.4) is 0 Å². The topological polar surface area (TPSA) is 88.4 Å². The average molecular weight is 548 g/mol. The van der Waals surface area contributed by atoms with Gasteiger partial charge in [0.05, 0.1) is 17.0 Å². The van der Waals surface area contributed by atoms with E-state index in [1.54, 1.807) is 35.0 Å². The fourth-order valence-corrected chi connectivity index (χ4v) is 5.70. The van der Waals surface area contributed by atoms with Gasteiger partial charge in [0.25, 0.3) is 11.8 Å². The number of nitrogens with zero attached hydrogens (tertiary/aromatic N) is 3. The first kappa shape index (κ1) is 24.9. The van der Waals surface area contributed by atoms with Crippen molar-refractivity contribution in [3.8, 4) is 11.3 Å². The molecule has 0 unspecified atom stereocenters. The van der Waals surface area contributed by atoms with Gasteiger partial charge in [0.2, 0.25) is 6.17 Å². The Kier molecular flexibility index (Phi) is 6.43. The van der Waals surface area contributed by atoms with Gasteiger partial charge >= 0.3 is 0 Å². The molecule has 3 aromatic carbocycles.